The van der Waals surface area contributed by atoms with E-state index in [0.29, 0.717) is 37.4 Å². The van der Waals surface area contributed by atoms with Gasteiger partial charge in [-0.1, -0.05) is 71.8 Å². The first-order valence-electron chi connectivity index (χ1n) is 28.5. The number of rotatable bonds is 4. The fraction of sp³-hybridized carbons (Fsp3) is 0.484. The fourth-order valence-electron chi connectivity index (χ4n) is 12.7. The van der Waals surface area contributed by atoms with Crippen LogP contribution in [0.15, 0.2) is 97.1 Å². The summed E-state index contributed by atoms with van der Waals surface area (Å²) in [5, 5.41) is 1.48. The van der Waals surface area contributed by atoms with Crippen molar-refractivity contribution in [3.8, 4) is 11.5 Å². The van der Waals surface area contributed by atoms with E-state index in [4.69, 9.17) is 32.7 Å². The van der Waals surface area contributed by atoms with Crippen molar-refractivity contribution in [3.05, 3.63) is 141 Å². The van der Waals surface area contributed by atoms with Crippen molar-refractivity contribution < 1.29 is 45.5 Å². The summed E-state index contributed by atoms with van der Waals surface area (Å²) in [5.41, 5.74) is 7.54. The lowest BCUT2D eigenvalue weighted by Crippen LogP contribution is -2.46. The number of hydrogen-bond acceptors (Lipinski definition) is 12. The van der Waals surface area contributed by atoms with Crippen LogP contribution in [-0.4, -0.2) is 129 Å². The van der Waals surface area contributed by atoms with Gasteiger partial charge in [0.2, 0.25) is 43.7 Å². The van der Waals surface area contributed by atoms with Gasteiger partial charge in [-0.15, -0.1) is 0 Å². The van der Waals surface area contributed by atoms with E-state index >= 15 is 0 Å². The van der Waals surface area contributed by atoms with Crippen LogP contribution in [0.2, 0.25) is 10.0 Å². The molecule has 0 radical (unpaired) electrons. The van der Waals surface area contributed by atoms with Crippen molar-refractivity contribution in [2.24, 2.45) is 0 Å². The number of carbonyl (C=O) groups excluding carboxylic acids is 4. The molecule has 2 spiro atoms. The molecular weight excluding hydrogens is 1120 g/mol. The van der Waals surface area contributed by atoms with Crippen LogP contribution >= 0.6 is 23.2 Å². The number of ether oxygens (including phenoxy) is 2. The number of nitrogens with one attached hydrogen (secondary N) is 2. The third kappa shape index (κ3) is 14.6. The van der Waals surface area contributed by atoms with Crippen LogP contribution in [-0.2, 0) is 62.9 Å². The minimum atomic E-state index is -3.81. The van der Waals surface area contributed by atoms with Crippen molar-refractivity contribution in [2.45, 2.75) is 113 Å². The molecule has 440 valence electrons. The number of halogens is 2. The molecule has 4 aromatic rings. The summed E-state index contributed by atoms with van der Waals surface area (Å²) in [6, 6.07) is 23.5. The van der Waals surface area contributed by atoms with Crippen LogP contribution in [0, 0.1) is 0 Å². The van der Waals surface area contributed by atoms with Crippen molar-refractivity contribution in [3.63, 3.8) is 0 Å². The topological polar surface area (TPSA) is 192 Å². The lowest BCUT2D eigenvalue weighted by molar-refractivity contribution is -0.132. The molecule has 2 aliphatic carbocycles. The first kappa shape index (κ1) is 60.5. The molecule has 20 heteroatoms. The molecule has 0 saturated carbocycles. The number of fused-ring (bicyclic) bond motifs is 6. The van der Waals surface area contributed by atoms with Gasteiger partial charge >= 0.3 is 0 Å². The van der Waals surface area contributed by atoms with Gasteiger partial charge in [-0.05, 0) is 159 Å². The summed E-state index contributed by atoms with van der Waals surface area (Å²) in [6.07, 6.45) is 21.5. The Morgan fingerprint density at radius 1 is 0.561 bits per heavy atom. The largest absolute Gasteiger partial charge is 0.490 e. The quantitative estimate of drug-likeness (QED) is 0.185. The average Bonchev–Trinajstić information content (AvgIpc) is 3.73. The van der Waals surface area contributed by atoms with Gasteiger partial charge in [0.1, 0.15) is 11.5 Å². The lowest BCUT2D eigenvalue weighted by Gasteiger charge is -2.41. The highest BCUT2D eigenvalue weighted by atomic mass is 35.5. The molecule has 4 amide bonds. The molecule has 4 bridgehead atoms. The summed E-state index contributed by atoms with van der Waals surface area (Å²) >= 11 is 12.7. The molecule has 4 aliphatic heterocycles. The fourth-order valence-corrected chi connectivity index (χ4v) is 14.1. The molecule has 1 unspecified atom stereocenters. The molecular formula is C62H76Cl2N6O10S2. The van der Waals surface area contributed by atoms with Crippen LogP contribution in [0.1, 0.15) is 122 Å². The Labute approximate surface area is 493 Å². The molecule has 4 atom stereocenters. The van der Waals surface area contributed by atoms with E-state index in [-0.39, 0.29) is 35.5 Å². The Morgan fingerprint density at radius 2 is 0.976 bits per heavy atom. The van der Waals surface area contributed by atoms with Gasteiger partial charge in [0.25, 0.3) is 0 Å². The predicted octanol–water partition coefficient (Wildman–Crippen LogP) is 9.12. The van der Waals surface area contributed by atoms with Crippen LogP contribution < -0.4 is 28.7 Å². The number of allylic oxidation sites excluding steroid dienone is 2. The van der Waals surface area contributed by atoms with E-state index in [1.165, 1.54) is 22.3 Å². The molecule has 0 fully saturated rings. The third-order valence-electron chi connectivity index (χ3n) is 16.9. The lowest BCUT2D eigenvalue weighted by atomic mass is 9.70. The first-order valence-corrected chi connectivity index (χ1v) is 33.1. The second-order valence-electron chi connectivity index (χ2n) is 23.2. The van der Waals surface area contributed by atoms with Crippen LogP contribution in [0.25, 0.3) is 0 Å². The summed E-state index contributed by atoms with van der Waals surface area (Å²) < 4.78 is 65.2. The van der Waals surface area contributed by atoms with Crippen molar-refractivity contribution in [2.75, 3.05) is 88.9 Å². The number of likely N-dealkylation sites (N-methyl/N-ethyl adjacent to an activating group) is 2. The van der Waals surface area contributed by atoms with E-state index in [1.807, 2.05) is 48.6 Å². The maximum Gasteiger partial charge on any atom is 0.241 e. The van der Waals surface area contributed by atoms with Crippen molar-refractivity contribution in [1.29, 1.82) is 0 Å². The second-order valence-corrected chi connectivity index (χ2v) is 27.6. The Bertz CT molecular complexity index is 3140. The highest BCUT2D eigenvalue weighted by molar-refractivity contribution is 7.89. The maximum atomic E-state index is 13.3. The number of aryl methyl sites for hydroxylation is 2. The van der Waals surface area contributed by atoms with Gasteiger partial charge in [-0.2, -0.15) is 0 Å². The summed E-state index contributed by atoms with van der Waals surface area (Å²) in [7, 11) is -4.24. The number of benzene rings is 4. The summed E-state index contributed by atoms with van der Waals surface area (Å²) in [6.45, 7) is 4.99. The molecule has 6 aliphatic rings. The van der Waals surface area contributed by atoms with E-state index in [1.54, 1.807) is 36.0 Å². The smallest absolute Gasteiger partial charge is 0.241 e. The van der Waals surface area contributed by atoms with Gasteiger partial charge in [-0.3, -0.25) is 28.6 Å². The van der Waals surface area contributed by atoms with Crippen LogP contribution in [0.5, 0.6) is 11.5 Å². The Morgan fingerprint density at radius 3 is 1.38 bits per heavy atom. The summed E-state index contributed by atoms with van der Waals surface area (Å²) in [5.74, 6) is -2.42. The molecule has 16 nitrogen and oxygen atoms in total. The van der Waals surface area contributed by atoms with E-state index in [0.717, 1.165) is 149 Å². The number of carbonyl (C=O) groups is 4. The standard InChI is InChI=1S/2C31H38ClN3O5S/c2*1-34-15-6-4-3-5-7-16-35-20-31(14-8-9-23-17-24(32)11-12-26(23)31)21-40-28-13-10-22(18-27(28)35)25(19-29(34)36)30(37)33-41(2,38)39/h2*4,6,10-13,17-18,25H,3,5,7-9,14-16,19-21H2,1-2H3,(H,33,37)/b2*6-4+/t25?,31-;25-,31+/m01/s1. The molecule has 0 saturated heterocycles. The highest BCUT2D eigenvalue weighted by Gasteiger charge is 2.44. The van der Waals surface area contributed by atoms with Crippen molar-refractivity contribution in [1.82, 2.24) is 19.2 Å². The predicted molar refractivity (Wildman–Crippen MR) is 322 cm³/mol. The molecule has 2 N–H and O–H groups in total. The molecule has 4 heterocycles. The number of amides is 4. The van der Waals surface area contributed by atoms with Gasteiger partial charge in [0.15, 0.2) is 0 Å². The Kier molecular flexibility index (Phi) is 19.1. The Hall–Kier alpha value is -6.08. The first-order chi connectivity index (χ1) is 39.1. The van der Waals surface area contributed by atoms with E-state index in [9.17, 15) is 36.0 Å². The number of sulfonamides is 2. The molecule has 82 heavy (non-hydrogen) atoms. The SMILES string of the molecule is CN1C/C=C/CCCCN2C[C@@]3(CCCc4cc(Cl)ccc43)COc3ccc(cc32)C(C(=O)NS(C)(=O)=O)CC1=O.CN1C/C=C/CCCCN2C[C@@]3(CCCc4cc(Cl)ccc43)COc3ccc(cc32)[C@H](C(=O)NS(C)(=O)=O)CC1=O. The minimum Gasteiger partial charge on any atom is -0.490 e. The van der Waals surface area contributed by atoms with E-state index < -0.39 is 43.7 Å². The van der Waals surface area contributed by atoms with E-state index in [2.05, 4.69) is 55.7 Å². The normalized spacial score (nSPS) is 24.4. The minimum absolute atomic E-state index is 0.149. The van der Waals surface area contributed by atoms with Gasteiger partial charge in [-0.25, -0.2) is 16.8 Å². The van der Waals surface area contributed by atoms with Crippen molar-refractivity contribution >= 4 is 78.3 Å². The average molecular weight is 1200 g/mol. The molecule has 4 aromatic carbocycles. The van der Waals surface area contributed by atoms with Crippen LogP contribution in [0.3, 0.4) is 0 Å². The monoisotopic (exact) mass is 1200 g/mol. The Balaban J connectivity index is 0.000000198. The second kappa shape index (κ2) is 25.8. The number of nitrogens with zero attached hydrogens (tertiary/aromatic N) is 4. The summed E-state index contributed by atoms with van der Waals surface area (Å²) in [4.78, 5) is 60.6. The van der Waals surface area contributed by atoms with Gasteiger partial charge in [0.05, 0.1) is 48.9 Å². The highest BCUT2D eigenvalue weighted by Crippen LogP contribution is 2.47. The van der Waals surface area contributed by atoms with Gasteiger partial charge in [0, 0.05) is 87.1 Å². The van der Waals surface area contributed by atoms with Crippen LogP contribution in [0.4, 0.5) is 11.4 Å². The third-order valence-corrected chi connectivity index (χ3v) is 18.5. The number of hydrogen-bond donors (Lipinski definition) is 2. The zero-order chi connectivity index (χ0) is 58.4. The zero-order valence-corrected chi connectivity index (χ0v) is 50.5. The van der Waals surface area contributed by atoms with Gasteiger partial charge < -0.3 is 29.1 Å². The number of anilines is 2. The zero-order valence-electron chi connectivity index (χ0n) is 47.4. The molecule has 0 aromatic heterocycles. The molecule has 10 rings (SSSR count). The maximum absolute atomic E-state index is 13.3.